The average molecular weight is 421 g/mol. The van der Waals surface area contributed by atoms with Gasteiger partial charge in [0.1, 0.15) is 5.75 Å². The molecule has 8 heteroatoms. The predicted octanol–water partition coefficient (Wildman–Crippen LogP) is 1.64. The van der Waals surface area contributed by atoms with Crippen LogP contribution in [0.5, 0.6) is 5.75 Å². The van der Waals surface area contributed by atoms with Gasteiger partial charge in [-0.25, -0.2) is 0 Å². The Labute approximate surface area is 179 Å². The van der Waals surface area contributed by atoms with Crippen LogP contribution in [-0.2, 0) is 25.7 Å². The fraction of sp³-hybridized carbons (Fsp3) is 0.304. The molecule has 8 nitrogen and oxygen atoms in total. The minimum Gasteiger partial charge on any atom is -0.477 e. The molecular weight excluding hydrogens is 398 g/mol. The van der Waals surface area contributed by atoms with Gasteiger partial charge in [-0.1, -0.05) is 42.5 Å². The number of likely N-dealkylation sites (tertiary alicyclic amines) is 1. The van der Waals surface area contributed by atoms with Crippen LogP contribution in [0.3, 0.4) is 0 Å². The lowest BCUT2D eigenvalue weighted by molar-refractivity contribution is -0.138. The highest BCUT2D eigenvalue weighted by Gasteiger charge is 2.35. The maximum absolute atomic E-state index is 13.0. The summed E-state index contributed by atoms with van der Waals surface area (Å²) in [4.78, 5) is 51.9. The molecule has 0 spiro atoms. The zero-order valence-electron chi connectivity index (χ0n) is 17.0. The average Bonchev–Trinajstić information content (AvgIpc) is 3.12. The molecule has 2 aliphatic rings. The van der Waals surface area contributed by atoms with Crippen LogP contribution in [0, 0.1) is 0 Å². The van der Waals surface area contributed by atoms with Crippen molar-refractivity contribution in [2.75, 3.05) is 18.0 Å². The minimum absolute atomic E-state index is 0.00975. The molecule has 1 atom stereocenters. The monoisotopic (exact) mass is 421 g/mol. The maximum Gasteiger partial charge on any atom is 0.263 e. The number of para-hydroxylation sites is 2. The Balaban J connectivity index is 1.44. The first-order valence-corrected chi connectivity index (χ1v) is 10.2. The number of hydrogen-bond donors (Lipinski definition) is 1. The van der Waals surface area contributed by atoms with E-state index in [9.17, 15) is 19.2 Å². The predicted molar refractivity (Wildman–Crippen MR) is 112 cm³/mol. The van der Waals surface area contributed by atoms with Crippen LogP contribution >= 0.6 is 0 Å². The maximum atomic E-state index is 13.0. The first-order valence-electron chi connectivity index (χ1n) is 10.2. The normalized spacial score (nSPS) is 17.9. The number of fused-ring (bicyclic) bond motifs is 1. The lowest BCUT2D eigenvalue weighted by atomic mass is 10.1. The van der Waals surface area contributed by atoms with E-state index >= 15 is 0 Å². The Morgan fingerprint density at radius 1 is 0.968 bits per heavy atom. The van der Waals surface area contributed by atoms with Crippen molar-refractivity contribution < 1.29 is 23.9 Å². The van der Waals surface area contributed by atoms with Crippen molar-refractivity contribution in [2.24, 2.45) is 0 Å². The molecule has 4 rings (SSSR count). The number of carbonyl (C=O) groups excluding carboxylic acids is 4. The third kappa shape index (κ3) is 4.58. The van der Waals surface area contributed by atoms with E-state index in [4.69, 9.17) is 4.74 Å². The van der Waals surface area contributed by atoms with Gasteiger partial charge in [-0.05, 0) is 17.7 Å². The van der Waals surface area contributed by atoms with Crippen molar-refractivity contribution in [3.8, 4) is 5.75 Å². The SMILES string of the molecule is O=C(NCc1ccccc1)[C@H]1CN(C(=O)CCN2C(=O)CCC2=O)c2ccccc2O1. The zero-order valence-corrected chi connectivity index (χ0v) is 17.0. The third-order valence-electron chi connectivity index (χ3n) is 5.38. The number of amides is 4. The molecule has 0 unspecified atom stereocenters. The summed E-state index contributed by atoms with van der Waals surface area (Å²) in [5.41, 5.74) is 1.53. The Hall–Kier alpha value is -3.68. The molecule has 2 heterocycles. The molecule has 2 aromatic rings. The second kappa shape index (κ2) is 8.99. The quantitative estimate of drug-likeness (QED) is 0.716. The van der Waals surface area contributed by atoms with Gasteiger partial charge in [0, 0.05) is 32.4 Å². The second-order valence-electron chi connectivity index (χ2n) is 7.47. The zero-order chi connectivity index (χ0) is 21.8. The Morgan fingerprint density at radius 3 is 2.39 bits per heavy atom. The molecule has 2 aromatic carbocycles. The van der Waals surface area contributed by atoms with Crippen LogP contribution in [0.4, 0.5) is 5.69 Å². The third-order valence-corrected chi connectivity index (χ3v) is 5.38. The molecule has 1 N–H and O–H groups in total. The smallest absolute Gasteiger partial charge is 0.263 e. The van der Waals surface area contributed by atoms with Gasteiger partial charge in [0.25, 0.3) is 5.91 Å². The van der Waals surface area contributed by atoms with Gasteiger partial charge in [0.2, 0.25) is 17.7 Å². The standard InChI is InChI=1S/C23H23N3O5/c27-20-10-11-21(28)25(20)13-12-22(29)26-15-19(31-18-9-5-4-8-17(18)26)23(30)24-14-16-6-2-1-3-7-16/h1-9,19H,10-15H2,(H,24,30)/t19-/m1/s1. The lowest BCUT2D eigenvalue weighted by Gasteiger charge is -2.34. The molecule has 0 aromatic heterocycles. The van der Waals surface area contributed by atoms with Crippen LogP contribution in [0.25, 0.3) is 0 Å². The largest absolute Gasteiger partial charge is 0.477 e. The van der Waals surface area contributed by atoms with Gasteiger partial charge in [-0.2, -0.15) is 0 Å². The van der Waals surface area contributed by atoms with E-state index in [0.29, 0.717) is 18.0 Å². The highest BCUT2D eigenvalue weighted by Crippen LogP contribution is 2.33. The van der Waals surface area contributed by atoms with Crippen LogP contribution in [0.2, 0.25) is 0 Å². The number of ether oxygens (including phenoxy) is 1. The van der Waals surface area contributed by atoms with Crippen molar-refractivity contribution in [1.82, 2.24) is 10.2 Å². The van der Waals surface area contributed by atoms with Gasteiger partial charge in [0.15, 0.2) is 6.10 Å². The van der Waals surface area contributed by atoms with Crippen molar-refractivity contribution in [1.29, 1.82) is 0 Å². The highest BCUT2D eigenvalue weighted by molar-refractivity contribution is 6.03. The number of nitrogens with one attached hydrogen (secondary N) is 1. The summed E-state index contributed by atoms with van der Waals surface area (Å²) in [7, 11) is 0. The summed E-state index contributed by atoms with van der Waals surface area (Å²) in [6.45, 7) is 0.452. The van der Waals surface area contributed by atoms with Crippen molar-refractivity contribution >= 4 is 29.3 Å². The van der Waals surface area contributed by atoms with Gasteiger partial charge in [0.05, 0.1) is 12.2 Å². The first-order chi connectivity index (χ1) is 15.0. The molecule has 4 amide bonds. The van der Waals surface area contributed by atoms with E-state index < -0.39 is 6.10 Å². The van der Waals surface area contributed by atoms with Crippen LogP contribution in [0.15, 0.2) is 54.6 Å². The molecule has 0 aliphatic carbocycles. The number of nitrogens with zero attached hydrogens (tertiary/aromatic N) is 2. The molecule has 160 valence electrons. The second-order valence-corrected chi connectivity index (χ2v) is 7.47. The van der Waals surface area contributed by atoms with Crippen molar-refractivity contribution in [2.45, 2.75) is 31.9 Å². The number of carbonyl (C=O) groups is 4. The number of benzene rings is 2. The molecular formula is C23H23N3O5. The summed E-state index contributed by atoms with van der Waals surface area (Å²) in [6, 6.07) is 16.5. The van der Waals surface area contributed by atoms with Crippen LogP contribution in [0.1, 0.15) is 24.8 Å². The van der Waals surface area contributed by atoms with Gasteiger partial charge in [-0.15, -0.1) is 0 Å². The van der Waals surface area contributed by atoms with E-state index in [1.54, 1.807) is 24.3 Å². The molecule has 0 saturated carbocycles. The minimum atomic E-state index is -0.863. The van der Waals surface area contributed by atoms with E-state index in [0.717, 1.165) is 10.5 Å². The summed E-state index contributed by atoms with van der Waals surface area (Å²) in [5, 5.41) is 2.85. The van der Waals surface area contributed by atoms with E-state index in [1.807, 2.05) is 30.3 Å². The molecule has 0 bridgehead atoms. The molecule has 31 heavy (non-hydrogen) atoms. The number of rotatable bonds is 6. The molecule has 0 radical (unpaired) electrons. The first kappa shape index (κ1) is 20.6. The van der Waals surface area contributed by atoms with E-state index in [1.165, 1.54) is 4.90 Å². The fourth-order valence-corrected chi connectivity index (χ4v) is 3.72. The van der Waals surface area contributed by atoms with Crippen LogP contribution < -0.4 is 15.0 Å². The highest BCUT2D eigenvalue weighted by atomic mass is 16.5. The fourth-order valence-electron chi connectivity index (χ4n) is 3.72. The summed E-state index contributed by atoms with van der Waals surface area (Å²) < 4.78 is 5.85. The summed E-state index contributed by atoms with van der Waals surface area (Å²) in [6.07, 6.45) is -0.490. The van der Waals surface area contributed by atoms with Crippen molar-refractivity contribution in [3.05, 3.63) is 60.2 Å². The van der Waals surface area contributed by atoms with Crippen LogP contribution in [-0.4, -0.2) is 47.7 Å². The number of imide groups is 1. The lowest BCUT2D eigenvalue weighted by Crippen LogP contribution is -2.51. The van der Waals surface area contributed by atoms with Gasteiger partial charge < -0.3 is 15.0 Å². The van der Waals surface area contributed by atoms with Gasteiger partial charge >= 0.3 is 0 Å². The van der Waals surface area contributed by atoms with Crippen molar-refractivity contribution in [3.63, 3.8) is 0 Å². The molecule has 1 fully saturated rings. The Bertz CT molecular complexity index is 991. The van der Waals surface area contributed by atoms with Gasteiger partial charge in [-0.3, -0.25) is 24.1 Å². The molecule has 1 saturated heterocycles. The van der Waals surface area contributed by atoms with E-state index in [-0.39, 0.29) is 56.0 Å². The summed E-state index contributed by atoms with van der Waals surface area (Å²) in [5.74, 6) is -0.655. The topological polar surface area (TPSA) is 96.0 Å². The Kier molecular flexibility index (Phi) is 5.97. The van der Waals surface area contributed by atoms with E-state index in [2.05, 4.69) is 5.32 Å². The number of hydrogen-bond acceptors (Lipinski definition) is 5. The number of anilines is 1. The molecule has 2 aliphatic heterocycles. The Morgan fingerprint density at radius 2 is 1.65 bits per heavy atom. The summed E-state index contributed by atoms with van der Waals surface area (Å²) >= 11 is 0.